The zero-order valence-electron chi connectivity index (χ0n) is 11.7. The number of halogens is 1. The van der Waals surface area contributed by atoms with E-state index < -0.39 is 5.82 Å². The van der Waals surface area contributed by atoms with E-state index in [1.807, 2.05) is 25.7 Å². The van der Waals surface area contributed by atoms with Gasteiger partial charge in [0.15, 0.2) is 0 Å². The van der Waals surface area contributed by atoms with Crippen molar-refractivity contribution in [2.45, 2.75) is 39.2 Å². The number of likely N-dealkylation sites (tertiary alicyclic amines) is 1. The van der Waals surface area contributed by atoms with Gasteiger partial charge >= 0.3 is 0 Å². The Balaban J connectivity index is 2.35. The highest BCUT2D eigenvalue weighted by Gasteiger charge is 2.36. The van der Waals surface area contributed by atoms with Crippen LogP contribution in [0, 0.1) is 5.82 Å². The molecule has 0 unspecified atom stereocenters. The maximum atomic E-state index is 13.4. The number of hydrogen-bond acceptors (Lipinski definition) is 3. The van der Waals surface area contributed by atoms with Gasteiger partial charge in [-0.2, -0.15) is 0 Å². The van der Waals surface area contributed by atoms with E-state index in [1.165, 1.54) is 6.07 Å². The van der Waals surface area contributed by atoms with Crippen LogP contribution >= 0.6 is 0 Å². The molecule has 5 heteroatoms. The van der Waals surface area contributed by atoms with Crippen LogP contribution in [0.25, 0.3) is 0 Å². The number of hydrogen-bond donors (Lipinski definition) is 1. The van der Waals surface area contributed by atoms with Crippen molar-refractivity contribution in [3.63, 3.8) is 0 Å². The SMILES string of the molecule is CCNc1ncc(F)cc1C(=O)N1CCCC1(C)C. The molecule has 1 aromatic heterocycles. The molecule has 2 heterocycles. The first-order chi connectivity index (χ1) is 8.95. The quantitative estimate of drug-likeness (QED) is 0.914. The third kappa shape index (κ3) is 2.69. The van der Waals surface area contributed by atoms with Gasteiger partial charge in [-0.05, 0) is 39.7 Å². The van der Waals surface area contributed by atoms with Gasteiger partial charge in [0, 0.05) is 18.6 Å². The average molecular weight is 265 g/mol. The second-order valence-corrected chi connectivity index (χ2v) is 5.45. The fraction of sp³-hybridized carbons (Fsp3) is 0.571. The van der Waals surface area contributed by atoms with E-state index >= 15 is 0 Å². The Bertz CT molecular complexity index is 488. The Labute approximate surface area is 113 Å². The molecule has 4 nitrogen and oxygen atoms in total. The normalized spacial score (nSPS) is 17.6. The van der Waals surface area contributed by atoms with E-state index in [0.717, 1.165) is 19.0 Å². The first-order valence-corrected chi connectivity index (χ1v) is 6.67. The molecular weight excluding hydrogens is 245 g/mol. The summed E-state index contributed by atoms with van der Waals surface area (Å²) in [6.07, 6.45) is 3.08. The number of aromatic nitrogens is 1. The van der Waals surface area contributed by atoms with Crippen LogP contribution in [0.3, 0.4) is 0 Å². The molecule has 0 saturated carbocycles. The molecule has 1 fully saturated rings. The molecule has 0 bridgehead atoms. The van der Waals surface area contributed by atoms with E-state index in [2.05, 4.69) is 10.3 Å². The summed E-state index contributed by atoms with van der Waals surface area (Å²) >= 11 is 0. The molecule has 1 N–H and O–H groups in total. The van der Waals surface area contributed by atoms with Crippen LogP contribution in [-0.2, 0) is 0 Å². The van der Waals surface area contributed by atoms with Gasteiger partial charge in [0.25, 0.3) is 5.91 Å². The van der Waals surface area contributed by atoms with Crippen molar-refractivity contribution in [1.82, 2.24) is 9.88 Å². The number of rotatable bonds is 3. The summed E-state index contributed by atoms with van der Waals surface area (Å²) in [6, 6.07) is 1.27. The van der Waals surface area contributed by atoms with Gasteiger partial charge in [-0.1, -0.05) is 0 Å². The predicted octanol–water partition coefficient (Wildman–Crippen LogP) is 2.67. The van der Waals surface area contributed by atoms with Crippen molar-refractivity contribution in [2.75, 3.05) is 18.4 Å². The van der Waals surface area contributed by atoms with E-state index in [1.54, 1.807) is 0 Å². The maximum absolute atomic E-state index is 13.4. The molecular formula is C14H20FN3O. The molecule has 0 spiro atoms. The summed E-state index contributed by atoms with van der Waals surface area (Å²) in [4.78, 5) is 18.4. The fourth-order valence-corrected chi connectivity index (χ4v) is 2.54. The summed E-state index contributed by atoms with van der Waals surface area (Å²) in [7, 11) is 0. The summed E-state index contributed by atoms with van der Waals surface area (Å²) < 4.78 is 13.4. The standard InChI is InChI=1S/C14H20FN3O/c1-4-16-12-11(8-10(15)9-17-12)13(19)18-7-5-6-14(18,2)3/h8-9H,4-7H2,1-3H3,(H,16,17). The molecule has 1 amide bonds. The Kier molecular flexibility index (Phi) is 3.73. The third-order valence-electron chi connectivity index (χ3n) is 3.58. The van der Waals surface area contributed by atoms with Crippen LogP contribution in [0.4, 0.5) is 10.2 Å². The highest BCUT2D eigenvalue weighted by molar-refractivity contribution is 5.99. The number of nitrogens with one attached hydrogen (secondary N) is 1. The molecule has 1 aromatic rings. The first kappa shape index (κ1) is 13.8. The zero-order valence-corrected chi connectivity index (χ0v) is 11.7. The number of anilines is 1. The summed E-state index contributed by atoms with van der Waals surface area (Å²) in [5.74, 6) is -0.177. The smallest absolute Gasteiger partial charge is 0.258 e. The van der Waals surface area contributed by atoms with E-state index in [9.17, 15) is 9.18 Å². The predicted molar refractivity (Wildman–Crippen MR) is 72.7 cm³/mol. The Morgan fingerprint density at radius 2 is 2.32 bits per heavy atom. The second kappa shape index (κ2) is 5.15. The van der Waals surface area contributed by atoms with E-state index in [-0.39, 0.29) is 11.4 Å². The number of carbonyl (C=O) groups is 1. The molecule has 0 radical (unpaired) electrons. The van der Waals surface area contributed by atoms with Crippen LogP contribution in [0.2, 0.25) is 0 Å². The Morgan fingerprint density at radius 1 is 1.58 bits per heavy atom. The lowest BCUT2D eigenvalue weighted by Gasteiger charge is -2.32. The van der Waals surface area contributed by atoms with Gasteiger partial charge in [-0.25, -0.2) is 9.37 Å². The second-order valence-electron chi connectivity index (χ2n) is 5.45. The van der Waals surface area contributed by atoms with Crippen molar-refractivity contribution < 1.29 is 9.18 Å². The first-order valence-electron chi connectivity index (χ1n) is 6.67. The molecule has 2 rings (SSSR count). The van der Waals surface area contributed by atoms with Gasteiger partial charge in [0.2, 0.25) is 0 Å². The van der Waals surface area contributed by atoms with Gasteiger partial charge in [-0.15, -0.1) is 0 Å². The van der Waals surface area contributed by atoms with Gasteiger partial charge in [0.1, 0.15) is 11.6 Å². The number of nitrogens with zero attached hydrogens (tertiary/aromatic N) is 2. The lowest BCUT2D eigenvalue weighted by atomic mass is 10.0. The molecule has 0 aromatic carbocycles. The van der Waals surface area contributed by atoms with Crippen molar-refractivity contribution in [3.05, 3.63) is 23.6 Å². The number of carbonyl (C=O) groups excluding carboxylic acids is 1. The summed E-state index contributed by atoms with van der Waals surface area (Å²) in [6.45, 7) is 7.35. The minimum absolute atomic E-state index is 0.148. The zero-order chi connectivity index (χ0) is 14.0. The van der Waals surface area contributed by atoms with Crippen LogP contribution in [0.1, 0.15) is 44.0 Å². The fourth-order valence-electron chi connectivity index (χ4n) is 2.54. The molecule has 0 aliphatic carbocycles. The maximum Gasteiger partial charge on any atom is 0.258 e. The van der Waals surface area contributed by atoms with Crippen molar-refractivity contribution in [1.29, 1.82) is 0 Å². The largest absolute Gasteiger partial charge is 0.370 e. The molecule has 104 valence electrons. The Morgan fingerprint density at radius 3 is 2.89 bits per heavy atom. The van der Waals surface area contributed by atoms with Crippen LogP contribution in [0.5, 0.6) is 0 Å². The molecule has 0 atom stereocenters. The van der Waals surface area contributed by atoms with Crippen LogP contribution < -0.4 is 5.32 Å². The highest BCUT2D eigenvalue weighted by Crippen LogP contribution is 2.31. The molecule has 1 aliphatic rings. The lowest BCUT2D eigenvalue weighted by Crippen LogP contribution is -2.43. The number of pyridine rings is 1. The van der Waals surface area contributed by atoms with Crippen molar-refractivity contribution >= 4 is 11.7 Å². The van der Waals surface area contributed by atoms with Gasteiger partial charge in [0.05, 0.1) is 11.8 Å². The third-order valence-corrected chi connectivity index (χ3v) is 3.58. The molecule has 19 heavy (non-hydrogen) atoms. The topological polar surface area (TPSA) is 45.2 Å². The average Bonchev–Trinajstić information content (AvgIpc) is 2.70. The van der Waals surface area contributed by atoms with Gasteiger partial charge in [-0.3, -0.25) is 4.79 Å². The van der Waals surface area contributed by atoms with Crippen molar-refractivity contribution in [3.8, 4) is 0 Å². The number of amides is 1. The lowest BCUT2D eigenvalue weighted by molar-refractivity contribution is 0.0652. The highest BCUT2D eigenvalue weighted by atomic mass is 19.1. The Hall–Kier alpha value is -1.65. The van der Waals surface area contributed by atoms with E-state index in [0.29, 0.717) is 24.5 Å². The molecule has 1 saturated heterocycles. The minimum atomic E-state index is -0.484. The van der Waals surface area contributed by atoms with Crippen LogP contribution in [-0.4, -0.2) is 34.4 Å². The summed E-state index contributed by atoms with van der Waals surface area (Å²) in [5.41, 5.74) is 0.143. The van der Waals surface area contributed by atoms with Gasteiger partial charge < -0.3 is 10.2 Å². The van der Waals surface area contributed by atoms with E-state index in [4.69, 9.17) is 0 Å². The summed E-state index contributed by atoms with van der Waals surface area (Å²) in [5, 5.41) is 3.01. The van der Waals surface area contributed by atoms with Crippen molar-refractivity contribution in [2.24, 2.45) is 0 Å². The molecule has 1 aliphatic heterocycles. The monoisotopic (exact) mass is 265 g/mol. The van der Waals surface area contributed by atoms with Crippen LogP contribution in [0.15, 0.2) is 12.3 Å². The minimum Gasteiger partial charge on any atom is -0.370 e.